The molecule has 0 N–H and O–H groups in total. The van der Waals surface area contributed by atoms with Crippen molar-refractivity contribution in [2.75, 3.05) is 13.7 Å². The van der Waals surface area contributed by atoms with Crippen LogP contribution in [0.4, 0.5) is 0 Å². The second kappa shape index (κ2) is 5.84. The zero-order valence-electron chi connectivity index (χ0n) is 14.7. The summed E-state index contributed by atoms with van der Waals surface area (Å²) >= 11 is 0. The van der Waals surface area contributed by atoms with Gasteiger partial charge in [-0.05, 0) is 31.5 Å². The summed E-state index contributed by atoms with van der Waals surface area (Å²) in [6.45, 7) is 12.7. The first-order valence-corrected chi connectivity index (χ1v) is 7.71. The van der Waals surface area contributed by atoms with Crippen LogP contribution in [0.3, 0.4) is 0 Å². The quantitative estimate of drug-likeness (QED) is 0.734. The van der Waals surface area contributed by atoms with Crippen molar-refractivity contribution in [1.29, 1.82) is 0 Å². The minimum atomic E-state index is -0.784. The van der Waals surface area contributed by atoms with Crippen molar-refractivity contribution in [2.24, 2.45) is 5.41 Å². The highest BCUT2D eigenvalue weighted by atomic mass is 16.8. The van der Waals surface area contributed by atoms with Crippen LogP contribution >= 0.6 is 0 Å². The Labute approximate surface area is 133 Å². The molecule has 1 heterocycles. The lowest BCUT2D eigenvalue weighted by molar-refractivity contribution is -0.302. The lowest BCUT2D eigenvalue weighted by atomic mass is 9.79. The van der Waals surface area contributed by atoms with Gasteiger partial charge >= 0.3 is 0 Å². The Bertz CT molecular complexity index is 502. The molecule has 2 rings (SSSR count). The van der Waals surface area contributed by atoms with E-state index in [4.69, 9.17) is 18.9 Å². The SMILES string of the molecule is COC(C)(C)OC(C)(C)Oc1ccc(C2OCC2(C)C)cc1. The Hall–Kier alpha value is -1.10. The molecule has 1 unspecified atom stereocenters. The van der Waals surface area contributed by atoms with Crippen molar-refractivity contribution < 1.29 is 18.9 Å². The smallest absolute Gasteiger partial charge is 0.207 e. The van der Waals surface area contributed by atoms with Crippen molar-refractivity contribution in [1.82, 2.24) is 0 Å². The van der Waals surface area contributed by atoms with E-state index in [1.807, 2.05) is 39.8 Å². The molecule has 1 atom stereocenters. The van der Waals surface area contributed by atoms with Crippen LogP contribution in [-0.2, 0) is 14.2 Å². The number of benzene rings is 1. The normalized spacial score (nSPS) is 21.3. The number of ether oxygens (including phenoxy) is 4. The third-order valence-electron chi connectivity index (χ3n) is 3.86. The van der Waals surface area contributed by atoms with Gasteiger partial charge in [-0.25, -0.2) is 0 Å². The summed E-state index contributed by atoms with van der Waals surface area (Å²) in [5, 5.41) is 0. The maximum Gasteiger partial charge on any atom is 0.207 e. The molecule has 1 aromatic rings. The number of rotatable bonds is 6. The van der Waals surface area contributed by atoms with E-state index in [0.29, 0.717) is 0 Å². The average molecular weight is 308 g/mol. The molecule has 1 aromatic carbocycles. The molecule has 0 bridgehead atoms. The van der Waals surface area contributed by atoms with Crippen molar-refractivity contribution >= 4 is 0 Å². The molecule has 4 heteroatoms. The molecule has 4 nitrogen and oxygen atoms in total. The number of hydrogen-bond acceptors (Lipinski definition) is 4. The van der Waals surface area contributed by atoms with E-state index in [-0.39, 0.29) is 11.5 Å². The Morgan fingerprint density at radius 2 is 1.64 bits per heavy atom. The Balaban J connectivity index is 2.02. The third kappa shape index (κ3) is 4.00. The second-order valence-electron chi connectivity index (χ2n) is 7.46. The first kappa shape index (κ1) is 17.3. The van der Waals surface area contributed by atoms with Crippen LogP contribution in [0.5, 0.6) is 5.75 Å². The summed E-state index contributed by atoms with van der Waals surface area (Å²) in [4.78, 5) is 0. The molecule has 0 aliphatic carbocycles. The topological polar surface area (TPSA) is 36.9 Å². The molecule has 0 radical (unpaired) electrons. The predicted molar refractivity (Wildman–Crippen MR) is 85.8 cm³/mol. The van der Waals surface area contributed by atoms with Crippen LogP contribution in [0.1, 0.15) is 53.2 Å². The van der Waals surface area contributed by atoms with Gasteiger partial charge in [0.25, 0.3) is 0 Å². The Morgan fingerprint density at radius 1 is 1.05 bits per heavy atom. The molecule has 0 aromatic heterocycles. The summed E-state index contributed by atoms with van der Waals surface area (Å²) in [5.74, 6) is -0.724. The number of hydrogen-bond donors (Lipinski definition) is 0. The van der Waals surface area contributed by atoms with E-state index in [1.165, 1.54) is 5.56 Å². The zero-order valence-corrected chi connectivity index (χ0v) is 14.7. The van der Waals surface area contributed by atoms with Crippen molar-refractivity contribution in [3.63, 3.8) is 0 Å². The van der Waals surface area contributed by atoms with Gasteiger partial charge in [0.2, 0.25) is 5.79 Å². The van der Waals surface area contributed by atoms with Gasteiger partial charge in [0.05, 0.1) is 12.7 Å². The fourth-order valence-corrected chi connectivity index (χ4v) is 2.70. The molecular formula is C18H28O4. The van der Waals surface area contributed by atoms with Crippen molar-refractivity contribution in [3.8, 4) is 5.75 Å². The Kier molecular flexibility index (Phi) is 4.58. The lowest BCUT2D eigenvalue weighted by Crippen LogP contribution is -2.42. The minimum Gasteiger partial charge on any atom is -0.463 e. The van der Waals surface area contributed by atoms with Crippen LogP contribution in [0.25, 0.3) is 0 Å². The fourth-order valence-electron chi connectivity index (χ4n) is 2.70. The van der Waals surface area contributed by atoms with Gasteiger partial charge in [-0.1, -0.05) is 26.0 Å². The summed E-state index contributed by atoms with van der Waals surface area (Å²) in [5.41, 5.74) is 1.38. The van der Waals surface area contributed by atoms with Gasteiger partial charge in [0.1, 0.15) is 5.75 Å². The van der Waals surface area contributed by atoms with E-state index >= 15 is 0 Å². The van der Waals surface area contributed by atoms with E-state index in [2.05, 4.69) is 26.0 Å². The molecule has 0 amide bonds. The summed E-state index contributed by atoms with van der Waals surface area (Å²) in [7, 11) is 1.62. The molecule has 1 saturated heterocycles. The predicted octanol–water partition coefficient (Wildman–Crippen LogP) is 4.30. The summed E-state index contributed by atoms with van der Waals surface area (Å²) in [6, 6.07) is 8.02. The molecule has 1 aliphatic rings. The molecular weight excluding hydrogens is 280 g/mol. The molecule has 1 aliphatic heterocycles. The van der Waals surface area contributed by atoms with Crippen LogP contribution < -0.4 is 4.74 Å². The van der Waals surface area contributed by atoms with Crippen LogP contribution in [0.15, 0.2) is 24.3 Å². The van der Waals surface area contributed by atoms with Gasteiger partial charge in [-0.2, -0.15) is 0 Å². The molecule has 22 heavy (non-hydrogen) atoms. The maximum absolute atomic E-state index is 5.93. The highest BCUT2D eigenvalue weighted by Crippen LogP contribution is 2.45. The molecule has 1 fully saturated rings. The highest BCUT2D eigenvalue weighted by molar-refractivity contribution is 5.30. The van der Waals surface area contributed by atoms with E-state index in [1.54, 1.807) is 7.11 Å². The summed E-state index contributed by atoms with van der Waals surface area (Å²) < 4.78 is 22.7. The molecule has 124 valence electrons. The standard InChI is InChI=1S/C18H28O4/c1-16(2)12-20-15(16)13-8-10-14(11-9-13)21-18(5,6)22-17(3,4)19-7/h8-11,15H,12H2,1-7H3. The largest absolute Gasteiger partial charge is 0.463 e. The first-order chi connectivity index (χ1) is 10.0. The van der Waals surface area contributed by atoms with Gasteiger partial charge < -0.3 is 18.9 Å². The van der Waals surface area contributed by atoms with E-state index < -0.39 is 11.6 Å². The van der Waals surface area contributed by atoms with Crippen LogP contribution in [-0.4, -0.2) is 25.3 Å². The van der Waals surface area contributed by atoms with Crippen LogP contribution in [0.2, 0.25) is 0 Å². The lowest BCUT2D eigenvalue weighted by Gasteiger charge is -2.44. The van der Waals surface area contributed by atoms with Gasteiger partial charge in [0, 0.05) is 26.4 Å². The Morgan fingerprint density at radius 3 is 2.05 bits per heavy atom. The average Bonchev–Trinajstić information content (AvgIpc) is 2.38. The maximum atomic E-state index is 5.93. The van der Waals surface area contributed by atoms with Gasteiger partial charge in [0.15, 0.2) is 5.79 Å². The first-order valence-electron chi connectivity index (χ1n) is 7.71. The van der Waals surface area contributed by atoms with Gasteiger partial charge in [-0.3, -0.25) is 0 Å². The zero-order chi connectivity index (χ0) is 16.6. The highest BCUT2D eigenvalue weighted by Gasteiger charge is 2.41. The summed E-state index contributed by atoms with van der Waals surface area (Å²) in [6.07, 6.45) is 0.165. The van der Waals surface area contributed by atoms with Gasteiger partial charge in [-0.15, -0.1) is 0 Å². The van der Waals surface area contributed by atoms with Crippen molar-refractivity contribution in [2.45, 2.75) is 59.2 Å². The molecule has 0 spiro atoms. The second-order valence-corrected chi connectivity index (χ2v) is 7.46. The number of methoxy groups -OCH3 is 1. The van der Waals surface area contributed by atoms with Crippen LogP contribution in [0, 0.1) is 5.41 Å². The molecule has 0 saturated carbocycles. The van der Waals surface area contributed by atoms with E-state index in [0.717, 1.165) is 12.4 Å². The monoisotopic (exact) mass is 308 g/mol. The minimum absolute atomic E-state index is 0.165. The van der Waals surface area contributed by atoms with Crippen molar-refractivity contribution in [3.05, 3.63) is 29.8 Å². The third-order valence-corrected chi connectivity index (χ3v) is 3.86. The fraction of sp³-hybridized carbons (Fsp3) is 0.667. The van der Waals surface area contributed by atoms with E-state index in [9.17, 15) is 0 Å².